The minimum atomic E-state index is -3.03. The minimum absolute atomic E-state index is 0.00796. The van der Waals surface area contributed by atoms with Gasteiger partial charge >= 0.3 is 0 Å². The molecule has 2 heterocycles. The summed E-state index contributed by atoms with van der Waals surface area (Å²) in [5, 5.41) is 0.902. The molecule has 0 radical (unpaired) electrons. The number of carbonyl (C=O) groups excluding carboxylic acids is 1. The lowest BCUT2D eigenvalue weighted by Gasteiger charge is -2.06. The zero-order valence-electron chi connectivity index (χ0n) is 11.3. The van der Waals surface area contributed by atoms with Crippen LogP contribution in [-0.4, -0.2) is 30.7 Å². The van der Waals surface area contributed by atoms with Crippen molar-refractivity contribution in [1.29, 1.82) is 0 Å². The van der Waals surface area contributed by atoms with E-state index in [1.165, 1.54) is 5.56 Å². The summed E-state index contributed by atoms with van der Waals surface area (Å²) in [4.78, 5) is 15.7. The van der Waals surface area contributed by atoms with Gasteiger partial charge in [0.15, 0.2) is 15.6 Å². The van der Waals surface area contributed by atoms with Crippen molar-refractivity contribution >= 4 is 26.5 Å². The van der Waals surface area contributed by atoms with Crippen LogP contribution in [0.3, 0.4) is 0 Å². The summed E-state index contributed by atoms with van der Waals surface area (Å²) in [6, 6.07) is 5.89. The van der Waals surface area contributed by atoms with Crippen LogP contribution in [0.15, 0.2) is 24.4 Å². The molecule has 1 aromatic heterocycles. The second-order valence-electron chi connectivity index (χ2n) is 5.36. The Hall–Kier alpha value is -1.62. The van der Waals surface area contributed by atoms with Crippen molar-refractivity contribution in [1.82, 2.24) is 4.98 Å². The number of sulfone groups is 1. The van der Waals surface area contributed by atoms with E-state index in [0.717, 1.165) is 17.3 Å². The van der Waals surface area contributed by atoms with Gasteiger partial charge in [-0.15, -0.1) is 0 Å². The van der Waals surface area contributed by atoms with Crippen molar-refractivity contribution in [2.24, 2.45) is 5.92 Å². The Morgan fingerprint density at radius 1 is 1.40 bits per heavy atom. The number of H-pyrrole nitrogens is 1. The van der Waals surface area contributed by atoms with E-state index in [1.54, 1.807) is 6.20 Å². The highest BCUT2D eigenvalue weighted by Gasteiger charge is 2.34. The Morgan fingerprint density at radius 3 is 2.85 bits per heavy atom. The van der Waals surface area contributed by atoms with E-state index in [-0.39, 0.29) is 23.2 Å². The van der Waals surface area contributed by atoms with Gasteiger partial charge in [-0.1, -0.05) is 25.1 Å². The second-order valence-corrected chi connectivity index (χ2v) is 7.59. The average Bonchev–Trinajstić information content (AvgIpc) is 3.00. The van der Waals surface area contributed by atoms with Crippen LogP contribution < -0.4 is 0 Å². The van der Waals surface area contributed by atoms with Crippen molar-refractivity contribution in [2.45, 2.75) is 19.8 Å². The maximum absolute atomic E-state index is 12.5. The molecule has 2 aromatic rings. The lowest BCUT2D eigenvalue weighted by Crippen LogP contribution is -2.15. The molecule has 1 unspecified atom stereocenters. The van der Waals surface area contributed by atoms with Gasteiger partial charge < -0.3 is 4.98 Å². The van der Waals surface area contributed by atoms with Crippen LogP contribution >= 0.6 is 0 Å². The maximum Gasteiger partial charge on any atom is 0.169 e. The van der Waals surface area contributed by atoms with Gasteiger partial charge in [-0.25, -0.2) is 8.42 Å². The molecule has 0 saturated carbocycles. The minimum Gasteiger partial charge on any atom is -0.360 e. The van der Waals surface area contributed by atoms with Crippen LogP contribution in [0, 0.1) is 5.92 Å². The second kappa shape index (κ2) is 4.74. The van der Waals surface area contributed by atoms with E-state index in [2.05, 4.69) is 11.9 Å². The Balaban J connectivity index is 2.01. The third kappa shape index (κ3) is 2.16. The molecular formula is C15H17NO3S. The quantitative estimate of drug-likeness (QED) is 0.883. The smallest absolute Gasteiger partial charge is 0.169 e. The SMILES string of the molecule is CCc1cccc2c(C(=O)C3CCS(=O)(=O)C3)c[nH]c12. The average molecular weight is 291 g/mol. The molecule has 20 heavy (non-hydrogen) atoms. The maximum atomic E-state index is 12.5. The summed E-state index contributed by atoms with van der Waals surface area (Å²) in [6.07, 6.45) is 3.06. The molecule has 1 aliphatic heterocycles. The zero-order valence-corrected chi connectivity index (χ0v) is 12.2. The lowest BCUT2D eigenvalue weighted by molar-refractivity contribution is 0.0935. The summed E-state index contributed by atoms with van der Waals surface area (Å²) in [5.41, 5.74) is 2.78. The normalized spacial score (nSPS) is 21.4. The van der Waals surface area contributed by atoms with E-state index in [0.29, 0.717) is 12.0 Å². The summed E-state index contributed by atoms with van der Waals surface area (Å²) in [7, 11) is -3.03. The third-order valence-corrected chi connectivity index (χ3v) is 5.82. The van der Waals surface area contributed by atoms with Crippen molar-refractivity contribution in [3.05, 3.63) is 35.5 Å². The number of nitrogens with one attached hydrogen (secondary N) is 1. The van der Waals surface area contributed by atoms with Crippen molar-refractivity contribution < 1.29 is 13.2 Å². The largest absolute Gasteiger partial charge is 0.360 e. The van der Waals surface area contributed by atoms with E-state index in [9.17, 15) is 13.2 Å². The van der Waals surface area contributed by atoms with Crippen LogP contribution in [0.1, 0.15) is 29.3 Å². The third-order valence-electron chi connectivity index (χ3n) is 4.05. The molecule has 106 valence electrons. The number of aryl methyl sites for hydroxylation is 1. The summed E-state index contributed by atoms with van der Waals surface area (Å²) >= 11 is 0. The number of Topliss-reactive ketones (excluding diaryl/α,β-unsaturated/α-hetero) is 1. The predicted octanol–water partition coefficient (Wildman–Crippen LogP) is 2.35. The van der Waals surface area contributed by atoms with Crippen LogP contribution in [0.25, 0.3) is 10.9 Å². The molecule has 1 aromatic carbocycles. The molecule has 0 amide bonds. The predicted molar refractivity (Wildman–Crippen MR) is 78.8 cm³/mol. The number of aromatic nitrogens is 1. The fraction of sp³-hybridized carbons (Fsp3) is 0.400. The number of carbonyl (C=O) groups is 1. The number of hydrogen-bond acceptors (Lipinski definition) is 3. The number of hydrogen-bond donors (Lipinski definition) is 1. The lowest BCUT2D eigenvalue weighted by atomic mass is 9.96. The molecule has 1 fully saturated rings. The standard InChI is InChI=1S/C15H17NO3S/c1-2-10-4-3-5-12-13(8-16-14(10)12)15(17)11-6-7-20(18,19)9-11/h3-5,8,11,16H,2,6-7,9H2,1H3. The zero-order chi connectivity index (χ0) is 14.3. The first-order chi connectivity index (χ1) is 9.52. The van der Waals surface area contributed by atoms with Crippen molar-refractivity contribution in [3.63, 3.8) is 0 Å². The Kier molecular flexibility index (Phi) is 3.17. The highest BCUT2D eigenvalue weighted by atomic mass is 32.2. The number of para-hydroxylation sites is 1. The van der Waals surface area contributed by atoms with Crippen LogP contribution in [-0.2, 0) is 16.3 Å². The first-order valence-corrected chi connectivity index (χ1v) is 8.67. The molecule has 5 heteroatoms. The molecule has 1 saturated heterocycles. The number of aromatic amines is 1. The van der Waals surface area contributed by atoms with E-state index in [1.807, 2.05) is 18.2 Å². The number of benzene rings is 1. The van der Waals surface area contributed by atoms with Crippen molar-refractivity contribution in [2.75, 3.05) is 11.5 Å². The summed E-state index contributed by atoms with van der Waals surface area (Å²) < 4.78 is 23.0. The van der Waals surface area contributed by atoms with Gasteiger partial charge in [-0.2, -0.15) is 0 Å². The molecule has 3 rings (SSSR count). The van der Waals surface area contributed by atoms with Gasteiger partial charge in [-0.3, -0.25) is 4.79 Å². The van der Waals surface area contributed by atoms with E-state index < -0.39 is 9.84 Å². The number of fused-ring (bicyclic) bond motifs is 1. The fourth-order valence-electron chi connectivity index (χ4n) is 2.94. The van der Waals surface area contributed by atoms with Crippen LogP contribution in [0.2, 0.25) is 0 Å². The van der Waals surface area contributed by atoms with Gasteiger partial charge in [-0.05, 0) is 18.4 Å². The van der Waals surface area contributed by atoms with Crippen molar-refractivity contribution in [3.8, 4) is 0 Å². The molecular weight excluding hydrogens is 274 g/mol. The van der Waals surface area contributed by atoms with Gasteiger partial charge in [0.2, 0.25) is 0 Å². The topological polar surface area (TPSA) is 67.0 Å². The fourth-order valence-corrected chi connectivity index (χ4v) is 4.68. The number of ketones is 1. The molecule has 0 aliphatic carbocycles. The Bertz CT molecular complexity index is 774. The first-order valence-electron chi connectivity index (χ1n) is 6.85. The van der Waals surface area contributed by atoms with Gasteiger partial charge in [0.1, 0.15) is 0 Å². The molecule has 4 nitrogen and oxygen atoms in total. The molecule has 0 spiro atoms. The van der Waals surface area contributed by atoms with E-state index >= 15 is 0 Å². The monoisotopic (exact) mass is 291 g/mol. The Labute approximate surface area is 118 Å². The first kappa shape index (κ1) is 13.4. The van der Waals surface area contributed by atoms with Gasteiger partial charge in [0.25, 0.3) is 0 Å². The van der Waals surface area contributed by atoms with Crippen LogP contribution in [0.4, 0.5) is 0 Å². The van der Waals surface area contributed by atoms with E-state index in [4.69, 9.17) is 0 Å². The Morgan fingerprint density at radius 2 is 2.20 bits per heavy atom. The molecule has 1 N–H and O–H groups in total. The molecule has 1 atom stereocenters. The number of rotatable bonds is 3. The molecule has 0 bridgehead atoms. The van der Waals surface area contributed by atoms with Gasteiger partial charge in [0, 0.05) is 28.6 Å². The van der Waals surface area contributed by atoms with Gasteiger partial charge in [0.05, 0.1) is 11.5 Å². The highest BCUT2D eigenvalue weighted by Crippen LogP contribution is 2.28. The molecule has 1 aliphatic rings. The summed E-state index contributed by atoms with van der Waals surface area (Å²) in [5.74, 6) is -0.312. The highest BCUT2D eigenvalue weighted by molar-refractivity contribution is 7.91. The van der Waals surface area contributed by atoms with Crippen LogP contribution in [0.5, 0.6) is 0 Å². The summed E-state index contributed by atoms with van der Waals surface area (Å²) in [6.45, 7) is 2.07.